The molecule has 0 unspecified atom stereocenters. The van der Waals surface area contributed by atoms with Crippen LogP contribution in [0.15, 0.2) is 12.1 Å². The van der Waals surface area contributed by atoms with Crippen molar-refractivity contribution in [2.75, 3.05) is 18.9 Å². The maximum Gasteiger partial charge on any atom is 0.255 e. The number of ether oxygens (including phenoxy) is 1. The van der Waals surface area contributed by atoms with E-state index < -0.39 is 0 Å². The van der Waals surface area contributed by atoms with Gasteiger partial charge in [-0.05, 0) is 42.5 Å². The number of amides is 1. The summed E-state index contributed by atoms with van der Waals surface area (Å²) in [6.45, 7) is 4.84. The molecule has 0 saturated heterocycles. The fourth-order valence-corrected chi connectivity index (χ4v) is 1.74. The summed E-state index contributed by atoms with van der Waals surface area (Å²) in [5.41, 5.74) is 6.93. The van der Waals surface area contributed by atoms with Gasteiger partial charge in [-0.2, -0.15) is 0 Å². The lowest BCUT2D eigenvalue weighted by atomic mass is 10.1. The first-order chi connectivity index (χ1) is 7.60. The van der Waals surface area contributed by atoms with E-state index in [0.29, 0.717) is 30.2 Å². The van der Waals surface area contributed by atoms with Gasteiger partial charge in [0.25, 0.3) is 5.91 Å². The zero-order chi connectivity index (χ0) is 12.1. The van der Waals surface area contributed by atoms with Crippen LogP contribution in [0, 0.1) is 3.57 Å². The van der Waals surface area contributed by atoms with Gasteiger partial charge in [-0.25, -0.2) is 0 Å². The van der Waals surface area contributed by atoms with Crippen LogP contribution < -0.4 is 15.8 Å². The Morgan fingerprint density at radius 3 is 2.75 bits per heavy atom. The highest BCUT2D eigenvalue weighted by atomic mass is 127. The molecule has 0 heterocycles. The smallest absolute Gasteiger partial charge is 0.255 e. The average molecular weight is 334 g/mol. The SMILES string of the molecule is CCNC(=O)c1cc(I)c(N)cc1OCC. The van der Waals surface area contributed by atoms with E-state index >= 15 is 0 Å². The van der Waals surface area contributed by atoms with E-state index in [1.807, 2.05) is 13.8 Å². The normalized spacial score (nSPS) is 9.94. The number of nitrogens with one attached hydrogen (secondary N) is 1. The largest absolute Gasteiger partial charge is 0.493 e. The molecule has 5 heteroatoms. The quantitative estimate of drug-likeness (QED) is 0.654. The molecular formula is C11H15IN2O2. The lowest BCUT2D eigenvalue weighted by Gasteiger charge is -2.11. The molecule has 88 valence electrons. The number of benzene rings is 1. The van der Waals surface area contributed by atoms with Crippen molar-refractivity contribution < 1.29 is 9.53 Å². The summed E-state index contributed by atoms with van der Waals surface area (Å²) in [6, 6.07) is 3.43. The Kier molecular flexibility index (Phi) is 4.85. The number of carbonyl (C=O) groups excluding carboxylic acids is 1. The van der Waals surface area contributed by atoms with E-state index in [-0.39, 0.29) is 5.91 Å². The second-order valence-corrected chi connectivity index (χ2v) is 4.32. The Morgan fingerprint density at radius 2 is 2.19 bits per heavy atom. The third-order valence-electron chi connectivity index (χ3n) is 1.98. The third-order valence-corrected chi connectivity index (χ3v) is 2.91. The van der Waals surface area contributed by atoms with Crippen molar-refractivity contribution in [3.05, 3.63) is 21.3 Å². The molecule has 0 aromatic heterocycles. The molecule has 1 aromatic rings. The number of nitrogen functional groups attached to an aromatic ring is 1. The van der Waals surface area contributed by atoms with Gasteiger partial charge >= 0.3 is 0 Å². The van der Waals surface area contributed by atoms with E-state index in [2.05, 4.69) is 27.9 Å². The van der Waals surface area contributed by atoms with Crippen LogP contribution in [-0.2, 0) is 0 Å². The van der Waals surface area contributed by atoms with E-state index in [1.165, 1.54) is 0 Å². The number of hydrogen-bond donors (Lipinski definition) is 2. The molecule has 0 bridgehead atoms. The van der Waals surface area contributed by atoms with Gasteiger partial charge in [-0.15, -0.1) is 0 Å². The fraction of sp³-hybridized carbons (Fsp3) is 0.364. The zero-order valence-electron chi connectivity index (χ0n) is 9.34. The molecule has 4 nitrogen and oxygen atoms in total. The van der Waals surface area contributed by atoms with Gasteiger partial charge in [-0.1, -0.05) is 0 Å². The molecule has 1 amide bonds. The molecule has 0 spiro atoms. The molecule has 1 rings (SSSR count). The summed E-state index contributed by atoms with van der Waals surface area (Å²) in [6.07, 6.45) is 0. The molecule has 0 aliphatic heterocycles. The minimum atomic E-state index is -0.135. The predicted molar refractivity (Wildman–Crippen MR) is 72.7 cm³/mol. The van der Waals surface area contributed by atoms with Crippen LogP contribution >= 0.6 is 22.6 Å². The molecule has 16 heavy (non-hydrogen) atoms. The summed E-state index contributed by atoms with van der Waals surface area (Å²) < 4.78 is 6.25. The van der Waals surface area contributed by atoms with Gasteiger partial charge in [-0.3, -0.25) is 4.79 Å². The van der Waals surface area contributed by atoms with Crippen molar-refractivity contribution in [2.45, 2.75) is 13.8 Å². The monoisotopic (exact) mass is 334 g/mol. The Balaban J connectivity index is 3.13. The summed E-state index contributed by atoms with van der Waals surface area (Å²) in [7, 11) is 0. The third kappa shape index (κ3) is 3.01. The van der Waals surface area contributed by atoms with Crippen LogP contribution in [0.5, 0.6) is 5.75 Å². The van der Waals surface area contributed by atoms with Crippen LogP contribution in [0.3, 0.4) is 0 Å². The van der Waals surface area contributed by atoms with Gasteiger partial charge < -0.3 is 15.8 Å². The van der Waals surface area contributed by atoms with Gasteiger partial charge in [0.2, 0.25) is 0 Å². The van der Waals surface area contributed by atoms with Crippen LogP contribution in [0.2, 0.25) is 0 Å². The van der Waals surface area contributed by atoms with Crippen LogP contribution in [0.25, 0.3) is 0 Å². The summed E-state index contributed by atoms with van der Waals surface area (Å²) >= 11 is 2.10. The highest BCUT2D eigenvalue weighted by Crippen LogP contribution is 2.26. The lowest BCUT2D eigenvalue weighted by molar-refractivity contribution is 0.0952. The molecule has 0 fully saturated rings. The number of rotatable bonds is 4. The van der Waals surface area contributed by atoms with Gasteiger partial charge in [0, 0.05) is 21.9 Å². The Labute approximate surface area is 109 Å². The Morgan fingerprint density at radius 1 is 1.50 bits per heavy atom. The average Bonchev–Trinajstić information content (AvgIpc) is 2.23. The first-order valence-electron chi connectivity index (χ1n) is 5.10. The summed E-state index contributed by atoms with van der Waals surface area (Å²) in [4.78, 5) is 11.8. The van der Waals surface area contributed by atoms with Gasteiger partial charge in [0.1, 0.15) is 5.75 Å². The van der Waals surface area contributed by atoms with E-state index in [1.54, 1.807) is 12.1 Å². The van der Waals surface area contributed by atoms with Crippen molar-refractivity contribution in [1.82, 2.24) is 5.32 Å². The first-order valence-corrected chi connectivity index (χ1v) is 6.18. The fourth-order valence-electron chi connectivity index (χ4n) is 1.28. The van der Waals surface area contributed by atoms with Crippen molar-refractivity contribution >= 4 is 34.2 Å². The van der Waals surface area contributed by atoms with Crippen LogP contribution in [0.1, 0.15) is 24.2 Å². The number of halogens is 1. The molecule has 3 N–H and O–H groups in total. The minimum absolute atomic E-state index is 0.135. The van der Waals surface area contributed by atoms with Crippen molar-refractivity contribution in [2.24, 2.45) is 0 Å². The summed E-state index contributed by atoms with van der Waals surface area (Å²) in [5.74, 6) is 0.398. The molecule has 0 aliphatic carbocycles. The predicted octanol–water partition coefficient (Wildman–Crippen LogP) is 2.02. The highest BCUT2D eigenvalue weighted by Gasteiger charge is 2.14. The molecular weight excluding hydrogens is 319 g/mol. The first kappa shape index (κ1) is 13.1. The van der Waals surface area contributed by atoms with Gasteiger partial charge in [0.15, 0.2) is 0 Å². The molecule has 1 aromatic carbocycles. The minimum Gasteiger partial charge on any atom is -0.493 e. The van der Waals surface area contributed by atoms with E-state index in [0.717, 1.165) is 3.57 Å². The number of hydrogen-bond acceptors (Lipinski definition) is 3. The second kappa shape index (κ2) is 5.93. The Hall–Kier alpha value is -0.980. The Bertz CT molecular complexity index is 394. The standard InChI is InChI=1S/C11H15IN2O2/c1-3-14-11(15)7-5-8(12)9(13)6-10(7)16-4-2/h5-6H,3-4,13H2,1-2H3,(H,14,15). The number of carbonyl (C=O) groups is 1. The second-order valence-electron chi connectivity index (χ2n) is 3.16. The summed E-state index contributed by atoms with van der Waals surface area (Å²) in [5, 5.41) is 2.74. The molecule has 0 atom stereocenters. The van der Waals surface area contributed by atoms with Crippen LogP contribution in [-0.4, -0.2) is 19.1 Å². The zero-order valence-corrected chi connectivity index (χ0v) is 11.5. The van der Waals surface area contributed by atoms with E-state index in [4.69, 9.17) is 10.5 Å². The lowest BCUT2D eigenvalue weighted by Crippen LogP contribution is -2.23. The number of anilines is 1. The number of nitrogens with two attached hydrogens (primary N) is 1. The van der Waals surface area contributed by atoms with E-state index in [9.17, 15) is 4.79 Å². The van der Waals surface area contributed by atoms with Gasteiger partial charge in [0.05, 0.1) is 12.2 Å². The topological polar surface area (TPSA) is 64.4 Å². The van der Waals surface area contributed by atoms with Crippen molar-refractivity contribution in [3.8, 4) is 5.75 Å². The molecule has 0 radical (unpaired) electrons. The van der Waals surface area contributed by atoms with Crippen molar-refractivity contribution in [1.29, 1.82) is 0 Å². The molecule has 0 saturated carbocycles. The highest BCUT2D eigenvalue weighted by molar-refractivity contribution is 14.1. The maximum absolute atomic E-state index is 11.8. The maximum atomic E-state index is 11.8. The van der Waals surface area contributed by atoms with Crippen LogP contribution in [0.4, 0.5) is 5.69 Å². The van der Waals surface area contributed by atoms with Crippen molar-refractivity contribution in [3.63, 3.8) is 0 Å². The molecule has 0 aliphatic rings.